The van der Waals surface area contributed by atoms with E-state index in [4.69, 9.17) is 4.74 Å². The molecule has 0 spiro atoms. The summed E-state index contributed by atoms with van der Waals surface area (Å²) in [5.74, 6) is 1.24. The number of H-pyrrole nitrogens is 1. The Labute approximate surface area is 179 Å². The predicted molar refractivity (Wildman–Crippen MR) is 122 cm³/mol. The molecule has 3 rings (SSSR count). The van der Waals surface area contributed by atoms with E-state index in [1.54, 1.807) is 13.0 Å². The Balaban J connectivity index is 1.98. The van der Waals surface area contributed by atoms with Gasteiger partial charge in [0.05, 0.1) is 6.10 Å². The smallest absolute Gasteiger partial charge is 0.156 e. The molecule has 0 amide bonds. The van der Waals surface area contributed by atoms with Gasteiger partial charge >= 0.3 is 0 Å². The standard InChI is InChI=1S/C25H34N2O3/c1-16-11-19(29)14-25(3,4)24(16)23(12-17(2)28)30-20-7-8-22-21(13-20)18(15-26-22)9-10-27(5)6/h7-8,12-13,15,19,26,29H,9-11,14H2,1-6H3/b23-12+. The van der Waals surface area contributed by atoms with Crippen molar-refractivity contribution in [1.82, 2.24) is 9.88 Å². The lowest BCUT2D eigenvalue weighted by Crippen LogP contribution is -2.31. The number of hydrogen-bond acceptors (Lipinski definition) is 4. The number of likely N-dealkylation sites (N-methyl/N-ethyl adjacent to an activating group) is 1. The zero-order valence-electron chi connectivity index (χ0n) is 19.0. The van der Waals surface area contributed by atoms with E-state index < -0.39 is 0 Å². The maximum absolute atomic E-state index is 12.0. The first kappa shape index (κ1) is 22.3. The second-order valence-electron chi connectivity index (χ2n) is 9.40. The summed E-state index contributed by atoms with van der Waals surface area (Å²) < 4.78 is 6.34. The van der Waals surface area contributed by atoms with Crippen LogP contribution in [0.1, 0.15) is 46.1 Å². The summed E-state index contributed by atoms with van der Waals surface area (Å²) in [4.78, 5) is 17.5. The number of nitrogens with one attached hydrogen (secondary N) is 1. The maximum Gasteiger partial charge on any atom is 0.156 e. The molecule has 2 N–H and O–H groups in total. The summed E-state index contributed by atoms with van der Waals surface area (Å²) in [7, 11) is 4.14. The Hall–Kier alpha value is -2.37. The lowest BCUT2D eigenvalue weighted by molar-refractivity contribution is -0.112. The van der Waals surface area contributed by atoms with Crippen LogP contribution in [0, 0.1) is 5.41 Å². The molecule has 1 atom stereocenters. The monoisotopic (exact) mass is 410 g/mol. The molecule has 0 bridgehead atoms. The predicted octanol–water partition coefficient (Wildman–Crippen LogP) is 4.62. The van der Waals surface area contributed by atoms with Crippen LogP contribution < -0.4 is 4.74 Å². The summed E-state index contributed by atoms with van der Waals surface area (Å²) in [6, 6.07) is 6.00. The summed E-state index contributed by atoms with van der Waals surface area (Å²) in [6.07, 6.45) is 5.46. The molecule has 0 radical (unpaired) electrons. The van der Waals surface area contributed by atoms with Gasteiger partial charge in [-0.2, -0.15) is 0 Å². The summed E-state index contributed by atoms with van der Waals surface area (Å²) in [6.45, 7) is 8.72. The third-order valence-corrected chi connectivity index (χ3v) is 5.77. The van der Waals surface area contributed by atoms with Crippen molar-refractivity contribution in [3.8, 4) is 5.75 Å². The number of carbonyl (C=O) groups excluding carboxylic acids is 1. The fourth-order valence-electron chi connectivity index (χ4n) is 4.58. The van der Waals surface area contributed by atoms with Gasteiger partial charge in [0, 0.05) is 29.7 Å². The van der Waals surface area contributed by atoms with Crippen LogP contribution in [0.2, 0.25) is 0 Å². The molecule has 1 aromatic heterocycles. The Morgan fingerprint density at radius 1 is 1.37 bits per heavy atom. The zero-order chi connectivity index (χ0) is 22.1. The molecule has 1 aromatic carbocycles. The molecule has 1 unspecified atom stereocenters. The van der Waals surface area contributed by atoms with Crippen LogP contribution in [0.15, 0.2) is 47.4 Å². The van der Waals surface area contributed by atoms with Gasteiger partial charge in [0.2, 0.25) is 0 Å². The highest BCUT2D eigenvalue weighted by Crippen LogP contribution is 2.44. The summed E-state index contributed by atoms with van der Waals surface area (Å²) in [5.41, 5.74) is 4.13. The third kappa shape index (κ3) is 5.02. The van der Waals surface area contributed by atoms with Gasteiger partial charge in [-0.05, 0) is 82.0 Å². The number of carbonyl (C=O) groups is 1. The molecule has 0 saturated carbocycles. The number of ether oxygens (including phenoxy) is 1. The molecule has 5 nitrogen and oxygen atoms in total. The number of fused-ring (bicyclic) bond motifs is 1. The van der Waals surface area contributed by atoms with Crippen LogP contribution in [-0.4, -0.2) is 47.5 Å². The van der Waals surface area contributed by atoms with Crippen molar-refractivity contribution in [2.24, 2.45) is 5.41 Å². The zero-order valence-corrected chi connectivity index (χ0v) is 19.0. The van der Waals surface area contributed by atoms with E-state index in [2.05, 4.69) is 44.0 Å². The first-order valence-electron chi connectivity index (χ1n) is 10.6. The van der Waals surface area contributed by atoms with E-state index in [9.17, 15) is 9.90 Å². The van der Waals surface area contributed by atoms with Gasteiger partial charge in [0.25, 0.3) is 0 Å². The summed E-state index contributed by atoms with van der Waals surface area (Å²) >= 11 is 0. The Morgan fingerprint density at radius 2 is 2.10 bits per heavy atom. The van der Waals surface area contributed by atoms with E-state index in [1.165, 1.54) is 5.56 Å². The molecule has 1 heterocycles. The average Bonchev–Trinajstić information content (AvgIpc) is 3.00. The number of allylic oxidation sites excluding steroid dienone is 2. The molecule has 162 valence electrons. The molecule has 0 fully saturated rings. The highest BCUT2D eigenvalue weighted by Gasteiger charge is 2.36. The van der Waals surface area contributed by atoms with Crippen molar-refractivity contribution in [1.29, 1.82) is 0 Å². The fraction of sp³-hybridized carbons (Fsp3) is 0.480. The molecule has 0 aliphatic heterocycles. The van der Waals surface area contributed by atoms with Crippen LogP contribution in [0.5, 0.6) is 5.75 Å². The minimum atomic E-state index is -0.363. The number of aliphatic hydroxyl groups excluding tert-OH is 1. The van der Waals surface area contributed by atoms with Gasteiger partial charge in [0.1, 0.15) is 11.5 Å². The molecular formula is C25H34N2O3. The first-order chi connectivity index (χ1) is 14.1. The lowest BCUT2D eigenvalue weighted by atomic mass is 9.70. The molecule has 0 saturated heterocycles. The maximum atomic E-state index is 12.0. The molecule has 1 aliphatic rings. The van der Waals surface area contributed by atoms with Crippen LogP contribution in [0.25, 0.3) is 10.9 Å². The summed E-state index contributed by atoms with van der Waals surface area (Å²) in [5, 5.41) is 11.4. The second kappa shape index (κ2) is 8.78. The van der Waals surface area contributed by atoms with Crippen molar-refractivity contribution >= 4 is 16.7 Å². The quantitative estimate of drug-likeness (QED) is 0.516. The van der Waals surface area contributed by atoms with Crippen molar-refractivity contribution in [3.05, 3.63) is 52.9 Å². The highest BCUT2D eigenvalue weighted by atomic mass is 16.5. The number of aromatic nitrogens is 1. The number of aromatic amines is 1. The molecule has 30 heavy (non-hydrogen) atoms. The first-order valence-corrected chi connectivity index (χ1v) is 10.6. The second-order valence-corrected chi connectivity index (χ2v) is 9.40. The van der Waals surface area contributed by atoms with Crippen LogP contribution in [0.3, 0.4) is 0 Å². The Kier molecular flexibility index (Phi) is 6.53. The number of aliphatic hydroxyl groups is 1. The minimum Gasteiger partial charge on any atom is -0.457 e. The number of benzene rings is 1. The molecule has 1 aliphatic carbocycles. The van der Waals surface area contributed by atoms with Crippen molar-refractivity contribution in [3.63, 3.8) is 0 Å². The van der Waals surface area contributed by atoms with Gasteiger partial charge in [-0.3, -0.25) is 4.79 Å². The molecule has 5 heteroatoms. The largest absolute Gasteiger partial charge is 0.457 e. The average molecular weight is 411 g/mol. The van der Waals surface area contributed by atoms with E-state index in [-0.39, 0.29) is 17.3 Å². The highest BCUT2D eigenvalue weighted by molar-refractivity contribution is 5.89. The third-order valence-electron chi connectivity index (χ3n) is 5.77. The normalized spacial score (nSPS) is 19.6. The van der Waals surface area contributed by atoms with Gasteiger partial charge in [-0.25, -0.2) is 0 Å². The number of hydrogen-bond donors (Lipinski definition) is 2. The number of rotatable bonds is 7. The van der Waals surface area contributed by atoms with E-state index >= 15 is 0 Å². The lowest BCUT2D eigenvalue weighted by Gasteiger charge is -2.37. The van der Waals surface area contributed by atoms with Crippen LogP contribution in [-0.2, 0) is 11.2 Å². The molecule has 2 aromatic rings. The SMILES string of the molecule is CC(=O)/C=C(/Oc1ccc2[nH]cc(CCN(C)C)c2c1)C1=C(C)CC(O)CC1(C)C. The van der Waals surface area contributed by atoms with Crippen LogP contribution in [0.4, 0.5) is 0 Å². The fourth-order valence-corrected chi connectivity index (χ4v) is 4.58. The molecular weight excluding hydrogens is 376 g/mol. The van der Waals surface area contributed by atoms with E-state index in [1.807, 2.05) is 25.1 Å². The van der Waals surface area contributed by atoms with Crippen molar-refractivity contribution < 1.29 is 14.6 Å². The van der Waals surface area contributed by atoms with Crippen molar-refractivity contribution in [2.45, 2.75) is 53.1 Å². The number of nitrogens with zero attached hydrogens (tertiary/aromatic N) is 1. The van der Waals surface area contributed by atoms with E-state index in [0.717, 1.165) is 35.0 Å². The van der Waals surface area contributed by atoms with Crippen molar-refractivity contribution in [2.75, 3.05) is 20.6 Å². The van der Waals surface area contributed by atoms with Crippen LogP contribution >= 0.6 is 0 Å². The van der Waals surface area contributed by atoms with Gasteiger partial charge in [-0.15, -0.1) is 0 Å². The van der Waals surface area contributed by atoms with Gasteiger partial charge in [0.15, 0.2) is 5.78 Å². The number of ketones is 1. The minimum absolute atomic E-state index is 0.0541. The van der Waals surface area contributed by atoms with Gasteiger partial charge in [-0.1, -0.05) is 19.4 Å². The topological polar surface area (TPSA) is 65.6 Å². The van der Waals surface area contributed by atoms with E-state index in [0.29, 0.717) is 24.4 Å². The Bertz CT molecular complexity index is 995. The Morgan fingerprint density at radius 3 is 2.73 bits per heavy atom. The van der Waals surface area contributed by atoms with Gasteiger partial charge < -0.3 is 19.7 Å².